The van der Waals surface area contributed by atoms with Crippen molar-refractivity contribution in [3.05, 3.63) is 65.5 Å². The fourth-order valence-corrected chi connectivity index (χ4v) is 1.95. The number of esters is 1. The van der Waals surface area contributed by atoms with Gasteiger partial charge in [0.2, 0.25) is 0 Å². The number of benzene rings is 2. The second-order valence-electron chi connectivity index (χ2n) is 5.38. The zero-order valence-electron chi connectivity index (χ0n) is 13.9. The maximum Gasteiger partial charge on any atom is 0.416 e. The van der Waals surface area contributed by atoms with Crippen molar-refractivity contribution >= 4 is 11.9 Å². The molecule has 2 aromatic carbocycles. The fourth-order valence-electron chi connectivity index (χ4n) is 1.95. The van der Waals surface area contributed by atoms with E-state index in [2.05, 4.69) is 10.1 Å². The van der Waals surface area contributed by atoms with E-state index in [0.717, 1.165) is 18.2 Å². The first kappa shape index (κ1) is 20.2. The van der Waals surface area contributed by atoms with Crippen LogP contribution in [0.2, 0.25) is 0 Å². The smallest absolute Gasteiger partial charge is 0.416 e. The number of amides is 1. The highest BCUT2D eigenvalue weighted by Crippen LogP contribution is 2.31. The summed E-state index contributed by atoms with van der Waals surface area (Å²) in [5.74, 6) is -2.06. The summed E-state index contributed by atoms with van der Waals surface area (Å²) in [7, 11) is 0. The number of ether oxygens (including phenoxy) is 2. The van der Waals surface area contributed by atoms with Crippen molar-refractivity contribution in [1.29, 1.82) is 0 Å². The van der Waals surface area contributed by atoms with Crippen molar-refractivity contribution in [2.24, 2.45) is 0 Å². The molecule has 1 amide bonds. The molecule has 27 heavy (non-hydrogen) atoms. The number of nitrogens with one attached hydrogen (secondary N) is 1. The normalized spacial score (nSPS) is 11.0. The van der Waals surface area contributed by atoms with E-state index in [1.165, 1.54) is 30.3 Å². The van der Waals surface area contributed by atoms with Gasteiger partial charge in [0.15, 0.2) is 13.2 Å². The van der Waals surface area contributed by atoms with Crippen molar-refractivity contribution in [1.82, 2.24) is 5.32 Å². The summed E-state index contributed by atoms with van der Waals surface area (Å²) in [4.78, 5) is 23.1. The Hall–Kier alpha value is -3.10. The third-order valence-electron chi connectivity index (χ3n) is 3.29. The molecule has 144 valence electrons. The van der Waals surface area contributed by atoms with Gasteiger partial charge in [-0.15, -0.1) is 0 Å². The van der Waals surface area contributed by atoms with Gasteiger partial charge in [-0.1, -0.05) is 18.2 Å². The molecule has 0 saturated carbocycles. The van der Waals surface area contributed by atoms with Crippen molar-refractivity contribution < 1.29 is 36.6 Å². The Morgan fingerprint density at radius 3 is 2.37 bits per heavy atom. The van der Waals surface area contributed by atoms with Crippen LogP contribution in [0.25, 0.3) is 0 Å². The van der Waals surface area contributed by atoms with Crippen molar-refractivity contribution in [2.75, 3.05) is 13.2 Å². The van der Waals surface area contributed by atoms with Gasteiger partial charge in [-0.05, 0) is 35.9 Å². The first-order chi connectivity index (χ1) is 12.7. The van der Waals surface area contributed by atoms with Crippen LogP contribution in [0.5, 0.6) is 5.75 Å². The number of halogens is 4. The Labute approximate surface area is 151 Å². The van der Waals surface area contributed by atoms with Gasteiger partial charge in [0.25, 0.3) is 5.91 Å². The lowest BCUT2D eigenvalue weighted by molar-refractivity contribution is -0.150. The van der Waals surface area contributed by atoms with Crippen molar-refractivity contribution in [3.63, 3.8) is 0 Å². The number of rotatable bonds is 7. The third-order valence-corrected chi connectivity index (χ3v) is 3.29. The predicted octanol–water partition coefficient (Wildman–Crippen LogP) is 3.08. The Kier molecular flexibility index (Phi) is 6.75. The molecule has 0 atom stereocenters. The van der Waals surface area contributed by atoms with E-state index in [1.807, 2.05) is 0 Å². The molecule has 0 unspecified atom stereocenters. The molecule has 5 nitrogen and oxygen atoms in total. The average Bonchev–Trinajstić information content (AvgIpc) is 2.64. The van der Waals surface area contributed by atoms with Gasteiger partial charge in [-0.2, -0.15) is 13.2 Å². The summed E-state index contributed by atoms with van der Waals surface area (Å²) in [6.45, 7) is -1.10. The molecule has 2 aromatic rings. The van der Waals surface area contributed by atoms with E-state index in [4.69, 9.17) is 4.74 Å². The molecule has 0 spiro atoms. The lowest BCUT2D eigenvalue weighted by atomic mass is 10.2. The zero-order chi connectivity index (χ0) is 19.9. The van der Waals surface area contributed by atoms with Crippen molar-refractivity contribution in [2.45, 2.75) is 12.7 Å². The number of hydrogen-bond acceptors (Lipinski definition) is 4. The molecule has 2 rings (SSSR count). The lowest BCUT2D eigenvalue weighted by Gasteiger charge is -2.10. The van der Waals surface area contributed by atoms with Crippen LogP contribution in [0.1, 0.15) is 11.1 Å². The molecule has 1 N–H and O–H groups in total. The molecular weight excluding hydrogens is 370 g/mol. The molecule has 0 fully saturated rings. The van der Waals surface area contributed by atoms with E-state index in [0.29, 0.717) is 5.56 Å². The first-order valence-electron chi connectivity index (χ1n) is 7.71. The minimum absolute atomic E-state index is 0.122. The number of alkyl halides is 3. The van der Waals surface area contributed by atoms with Crippen LogP contribution in [-0.2, 0) is 27.0 Å². The van der Waals surface area contributed by atoms with Gasteiger partial charge >= 0.3 is 12.1 Å². The summed E-state index contributed by atoms with van der Waals surface area (Å²) < 4.78 is 60.1. The molecule has 0 aliphatic carbocycles. The largest absolute Gasteiger partial charge is 0.482 e. The topological polar surface area (TPSA) is 64.6 Å². The summed E-state index contributed by atoms with van der Waals surface area (Å²) in [6, 6.07) is 9.50. The molecule has 0 aliphatic rings. The van der Waals surface area contributed by atoms with Gasteiger partial charge in [0, 0.05) is 6.54 Å². The highest BCUT2D eigenvalue weighted by atomic mass is 19.4. The van der Waals surface area contributed by atoms with Crippen LogP contribution >= 0.6 is 0 Å². The van der Waals surface area contributed by atoms with E-state index in [-0.39, 0.29) is 12.3 Å². The van der Waals surface area contributed by atoms with Crippen molar-refractivity contribution in [3.8, 4) is 5.75 Å². The Morgan fingerprint density at radius 1 is 1.00 bits per heavy atom. The Bertz CT molecular complexity index is 791. The average molecular weight is 385 g/mol. The lowest BCUT2D eigenvalue weighted by Crippen LogP contribution is -2.29. The molecule has 0 aromatic heterocycles. The van der Waals surface area contributed by atoms with Gasteiger partial charge < -0.3 is 14.8 Å². The van der Waals surface area contributed by atoms with E-state index in [1.54, 1.807) is 0 Å². The molecule has 0 aliphatic heterocycles. The highest BCUT2D eigenvalue weighted by molar-refractivity contribution is 5.80. The summed E-state index contributed by atoms with van der Waals surface area (Å²) in [5, 5.41) is 2.47. The highest BCUT2D eigenvalue weighted by Gasteiger charge is 2.30. The second kappa shape index (κ2) is 9.02. The van der Waals surface area contributed by atoms with Crippen LogP contribution in [0.3, 0.4) is 0 Å². The Balaban J connectivity index is 1.71. The van der Waals surface area contributed by atoms with Gasteiger partial charge in [-0.3, -0.25) is 4.79 Å². The number of carbonyl (C=O) groups excluding carboxylic acids is 2. The summed E-state index contributed by atoms with van der Waals surface area (Å²) in [6.07, 6.45) is -4.53. The monoisotopic (exact) mass is 385 g/mol. The van der Waals surface area contributed by atoms with Crippen LogP contribution < -0.4 is 10.1 Å². The van der Waals surface area contributed by atoms with E-state index >= 15 is 0 Å². The quantitative estimate of drug-likeness (QED) is 0.588. The van der Waals surface area contributed by atoms with Crippen LogP contribution in [0, 0.1) is 5.82 Å². The summed E-state index contributed by atoms with van der Waals surface area (Å²) in [5.41, 5.74) is -0.252. The van der Waals surface area contributed by atoms with Gasteiger partial charge in [-0.25, -0.2) is 9.18 Å². The summed E-state index contributed by atoms with van der Waals surface area (Å²) >= 11 is 0. The molecule has 0 saturated heterocycles. The third kappa shape index (κ3) is 6.96. The number of hydrogen-bond donors (Lipinski definition) is 1. The molecule has 0 radical (unpaired) electrons. The maximum absolute atomic E-state index is 12.8. The molecular formula is C18H15F4NO4. The fraction of sp³-hybridized carbons (Fsp3) is 0.222. The van der Waals surface area contributed by atoms with Gasteiger partial charge in [0.05, 0.1) is 5.56 Å². The molecule has 0 heterocycles. The van der Waals surface area contributed by atoms with E-state index in [9.17, 15) is 27.2 Å². The van der Waals surface area contributed by atoms with Crippen LogP contribution in [-0.4, -0.2) is 25.1 Å². The SMILES string of the molecule is O=C(COC(=O)COc1cccc(C(F)(F)F)c1)NCc1ccc(F)cc1. The molecule has 9 heteroatoms. The minimum Gasteiger partial charge on any atom is -0.482 e. The standard InChI is InChI=1S/C18H15F4NO4/c19-14-6-4-12(5-7-14)9-23-16(24)10-27-17(25)11-26-15-3-1-2-13(8-15)18(20,21)22/h1-8H,9-11H2,(H,23,24). The maximum atomic E-state index is 12.8. The Morgan fingerprint density at radius 2 is 1.70 bits per heavy atom. The minimum atomic E-state index is -4.53. The van der Waals surface area contributed by atoms with E-state index < -0.39 is 42.6 Å². The van der Waals surface area contributed by atoms with Gasteiger partial charge in [0.1, 0.15) is 11.6 Å². The van der Waals surface area contributed by atoms with Crippen LogP contribution in [0.4, 0.5) is 17.6 Å². The van der Waals surface area contributed by atoms with Crippen LogP contribution in [0.15, 0.2) is 48.5 Å². The molecule has 0 bridgehead atoms. The number of carbonyl (C=O) groups is 2. The zero-order valence-corrected chi connectivity index (χ0v) is 13.9. The second-order valence-corrected chi connectivity index (χ2v) is 5.38. The first-order valence-corrected chi connectivity index (χ1v) is 7.71. The predicted molar refractivity (Wildman–Crippen MR) is 86.1 cm³/mol.